The summed E-state index contributed by atoms with van der Waals surface area (Å²) in [4.78, 5) is 29.9. The van der Waals surface area contributed by atoms with E-state index in [0.29, 0.717) is 17.0 Å². The van der Waals surface area contributed by atoms with Gasteiger partial charge >= 0.3 is 0 Å². The van der Waals surface area contributed by atoms with Crippen molar-refractivity contribution in [2.75, 3.05) is 10.6 Å². The van der Waals surface area contributed by atoms with Crippen LogP contribution < -0.4 is 10.6 Å². The molecule has 4 aromatic rings. The van der Waals surface area contributed by atoms with Gasteiger partial charge in [0.25, 0.3) is 5.91 Å². The van der Waals surface area contributed by atoms with Crippen molar-refractivity contribution in [1.29, 1.82) is 0 Å². The van der Waals surface area contributed by atoms with E-state index in [2.05, 4.69) is 15.6 Å². The Morgan fingerprint density at radius 1 is 1.03 bits per heavy atom. The highest BCUT2D eigenvalue weighted by atomic mass is 32.2. The van der Waals surface area contributed by atoms with Gasteiger partial charge in [-0.25, -0.2) is 0 Å². The van der Waals surface area contributed by atoms with E-state index in [9.17, 15) is 9.59 Å². The lowest BCUT2D eigenvalue weighted by molar-refractivity contribution is -0.115. The number of rotatable bonds is 7. The number of hydrogen-bond donors (Lipinski definition) is 3. The van der Waals surface area contributed by atoms with Crippen molar-refractivity contribution in [2.24, 2.45) is 0 Å². The molecule has 0 saturated heterocycles. The first-order valence-electron chi connectivity index (χ1n) is 9.62. The van der Waals surface area contributed by atoms with E-state index in [0.717, 1.165) is 21.5 Å². The number of thioether (sulfide) groups is 1. The molecule has 0 radical (unpaired) electrons. The molecule has 0 aliphatic rings. The molecule has 2 aromatic heterocycles. The van der Waals surface area contributed by atoms with Gasteiger partial charge in [-0.2, -0.15) is 0 Å². The first kappa shape index (κ1) is 20.3. The van der Waals surface area contributed by atoms with Crippen LogP contribution in [0, 0.1) is 0 Å². The Morgan fingerprint density at radius 3 is 2.70 bits per heavy atom. The largest absolute Gasteiger partial charge is 0.361 e. The predicted octanol–water partition coefficient (Wildman–Crippen LogP) is 5.99. The highest BCUT2D eigenvalue weighted by molar-refractivity contribution is 8.00. The molecule has 4 rings (SSSR count). The second-order valence-corrected chi connectivity index (χ2v) is 8.97. The van der Waals surface area contributed by atoms with Crippen LogP contribution >= 0.6 is 23.1 Å². The number of aromatic amines is 1. The fourth-order valence-electron chi connectivity index (χ4n) is 3.08. The number of carbonyl (C=O) groups is 2. The minimum atomic E-state index is -0.243. The second-order valence-electron chi connectivity index (χ2n) is 6.74. The van der Waals surface area contributed by atoms with Crippen molar-refractivity contribution in [2.45, 2.75) is 23.5 Å². The van der Waals surface area contributed by atoms with Gasteiger partial charge in [0.15, 0.2) is 0 Å². The number of nitrogens with one attached hydrogen (secondary N) is 3. The summed E-state index contributed by atoms with van der Waals surface area (Å²) in [5, 5.41) is 8.66. The lowest BCUT2D eigenvalue weighted by atomic mass is 10.2. The molecule has 30 heavy (non-hydrogen) atoms. The summed E-state index contributed by atoms with van der Waals surface area (Å²) in [6.07, 6.45) is 2.57. The van der Waals surface area contributed by atoms with Gasteiger partial charge < -0.3 is 15.6 Å². The van der Waals surface area contributed by atoms with Gasteiger partial charge in [0.2, 0.25) is 5.91 Å². The third-order valence-electron chi connectivity index (χ3n) is 4.60. The van der Waals surface area contributed by atoms with Crippen LogP contribution in [0.2, 0.25) is 0 Å². The molecule has 152 valence electrons. The van der Waals surface area contributed by atoms with Gasteiger partial charge in [-0.05, 0) is 59.7 Å². The van der Waals surface area contributed by atoms with Crippen molar-refractivity contribution in [1.82, 2.24) is 4.98 Å². The number of H-pyrrole nitrogens is 1. The third-order valence-corrected chi connectivity index (χ3v) is 6.83. The fourth-order valence-corrected chi connectivity index (χ4v) is 4.71. The van der Waals surface area contributed by atoms with E-state index >= 15 is 0 Å². The monoisotopic (exact) mass is 435 g/mol. The Morgan fingerprint density at radius 2 is 1.90 bits per heavy atom. The zero-order valence-corrected chi connectivity index (χ0v) is 18.0. The predicted molar refractivity (Wildman–Crippen MR) is 126 cm³/mol. The van der Waals surface area contributed by atoms with Gasteiger partial charge in [0.05, 0.1) is 10.1 Å². The van der Waals surface area contributed by atoms with Crippen molar-refractivity contribution in [3.63, 3.8) is 0 Å². The summed E-state index contributed by atoms with van der Waals surface area (Å²) in [6.45, 7) is 1.99. The van der Waals surface area contributed by atoms with Gasteiger partial charge in [-0.15, -0.1) is 23.1 Å². The van der Waals surface area contributed by atoms with E-state index in [1.165, 1.54) is 23.1 Å². The number of aromatic nitrogens is 1. The van der Waals surface area contributed by atoms with E-state index in [1.807, 2.05) is 73.1 Å². The maximum absolute atomic E-state index is 12.8. The van der Waals surface area contributed by atoms with Gasteiger partial charge in [0.1, 0.15) is 0 Å². The Hall–Kier alpha value is -3.03. The molecule has 2 aromatic carbocycles. The van der Waals surface area contributed by atoms with E-state index in [4.69, 9.17) is 0 Å². The Labute approximate surface area is 182 Å². The van der Waals surface area contributed by atoms with Crippen molar-refractivity contribution >= 4 is 57.2 Å². The number of hydrogen-bond acceptors (Lipinski definition) is 4. The SMILES string of the molecule is CCC(Sc1cccc(NC(=O)c2cccs2)c1)C(=O)Nc1ccc2cc[nH]c2c1. The molecule has 0 aliphatic heterocycles. The van der Waals surface area contributed by atoms with Gasteiger partial charge in [0, 0.05) is 28.0 Å². The molecule has 3 N–H and O–H groups in total. The summed E-state index contributed by atoms with van der Waals surface area (Å²) in [5.74, 6) is -0.168. The maximum Gasteiger partial charge on any atom is 0.265 e. The number of thiophene rings is 1. The minimum Gasteiger partial charge on any atom is -0.361 e. The number of carbonyl (C=O) groups excluding carboxylic acids is 2. The highest BCUT2D eigenvalue weighted by Crippen LogP contribution is 2.29. The summed E-state index contributed by atoms with van der Waals surface area (Å²) in [6, 6.07) is 19.1. The van der Waals surface area contributed by atoms with Crippen molar-refractivity contribution in [3.8, 4) is 0 Å². The van der Waals surface area contributed by atoms with Gasteiger partial charge in [-0.3, -0.25) is 9.59 Å². The molecule has 2 heterocycles. The van der Waals surface area contributed by atoms with Crippen LogP contribution in [0.5, 0.6) is 0 Å². The third kappa shape index (κ3) is 4.75. The molecule has 7 heteroatoms. The molecule has 1 unspecified atom stereocenters. The van der Waals surface area contributed by atoms with Crippen LogP contribution in [-0.2, 0) is 4.79 Å². The first-order valence-corrected chi connectivity index (χ1v) is 11.4. The highest BCUT2D eigenvalue weighted by Gasteiger charge is 2.19. The number of anilines is 2. The first-order chi connectivity index (χ1) is 14.6. The quantitative estimate of drug-likeness (QED) is 0.312. The number of fused-ring (bicyclic) bond motifs is 1. The summed E-state index contributed by atoms with van der Waals surface area (Å²) in [7, 11) is 0. The molecular weight excluding hydrogens is 414 g/mol. The van der Waals surface area contributed by atoms with Crippen molar-refractivity contribution < 1.29 is 9.59 Å². The zero-order valence-electron chi connectivity index (χ0n) is 16.3. The van der Waals surface area contributed by atoms with Crippen LogP contribution in [0.4, 0.5) is 11.4 Å². The zero-order chi connectivity index (χ0) is 20.9. The number of amides is 2. The lowest BCUT2D eigenvalue weighted by Gasteiger charge is -2.15. The normalized spacial score (nSPS) is 11.9. The molecule has 0 aliphatic carbocycles. The lowest BCUT2D eigenvalue weighted by Crippen LogP contribution is -2.24. The molecule has 5 nitrogen and oxygen atoms in total. The Bertz CT molecular complexity index is 1170. The molecular formula is C23H21N3O2S2. The van der Waals surface area contributed by atoms with E-state index < -0.39 is 0 Å². The topological polar surface area (TPSA) is 74.0 Å². The summed E-state index contributed by atoms with van der Waals surface area (Å²) < 4.78 is 0. The molecule has 0 saturated carbocycles. The maximum atomic E-state index is 12.8. The Kier molecular flexibility index (Phi) is 6.21. The molecule has 0 spiro atoms. The van der Waals surface area contributed by atoms with Crippen LogP contribution in [0.1, 0.15) is 23.0 Å². The average Bonchev–Trinajstić information content (AvgIpc) is 3.44. The van der Waals surface area contributed by atoms with Crippen LogP contribution in [0.15, 0.2) is 77.1 Å². The fraction of sp³-hybridized carbons (Fsp3) is 0.130. The van der Waals surface area contributed by atoms with E-state index in [1.54, 1.807) is 6.07 Å². The standard InChI is InChI=1S/C23H21N3O2S2/c1-2-20(22(27)26-17-9-8-15-10-11-24-19(15)14-17)30-18-6-3-5-16(13-18)25-23(28)21-7-4-12-29-21/h3-14,20,24H,2H2,1H3,(H,25,28)(H,26,27). The van der Waals surface area contributed by atoms with Crippen LogP contribution in [0.3, 0.4) is 0 Å². The van der Waals surface area contributed by atoms with Crippen LogP contribution in [0.25, 0.3) is 10.9 Å². The van der Waals surface area contributed by atoms with Crippen LogP contribution in [-0.4, -0.2) is 22.0 Å². The molecule has 2 amide bonds. The van der Waals surface area contributed by atoms with Crippen molar-refractivity contribution in [3.05, 3.63) is 77.1 Å². The summed E-state index contributed by atoms with van der Waals surface area (Å²) >= 11 is 2.89. The van der Waals surface area contributed by atoms with Gasteiger partial charge in [-0.1, -0.05) is 25.1 Å². The van der Waals surface area contributed by atoms with E-state index in [-0.39, 0.29) is 17.1 Å². The summed E-state index contributed by atoms with van der Waals surface area (Å²) in [5.41, 5.74) is 2.47. The minimum absolute atomic E-state index is 0.0403. The molecule has 1 atom stereocenters. The number of benzene rings is 2. The smallest absolute Gasteiger partial charge is 0.265 e. The molecule has 0 fully saturated rings. The average molecular weight is 436 g/mol. The second kappa shape index (κ2) is 9.19. The molecule has 0 bridgehead atoms. The Balaban J connectivity index is 1.42.